The quantitative estimate of drug-likeness (QED) is 0.644. The Hall–Kier alpha value is -3.18. The molecule has 2 N–H and O–H groups in total. The summed E-state index contributed by atoms with van der Waals surface area (Å²) in [7, 11) is 1.76. The van der Waals surface area contributed by atoms with Gasteiger partial charge in [-0.1, -0.05) is 54.1 Å². The zero-order valence-electron chi connectivity index (χ0n) is 17.1. The Morgan fingerprint density at radius 3 is 2.28 bits per heavy atom. The Bertz CT molecular complexity index is 998. The van der Waals surface area contributed by atoms with Crippen LogP contribution in [0.15, 0.2) is 66.7 Å². The van der Waals surface area contributed by atoms with Crippen LogP contribution in [0, 0.1) is 6.92 Å². The van der Waals surface area contributed by atoms with Gasteiger partial charge in [0.15, 0.2) is 0 Å². The number of aryl methyl sites for hydroxylation is 1. The summed E-state index contributed by atoms with van der Waals surface area (Å²) >= 11 is 0. The fraction of sp³-hybridized carbons (Fsp3) is 0.250. The number of likely N-dealkylation sites (N-methyl/N-ethyl adjacent to an activating group) is 1. The van der Waals surface area contributed by atoms with E-state index in [1.54, 1.807) is 11.9 Å². The first kappa shape index (κ1) is 20.6. The van der Waals surface area contributed by atoms with Crippen LogP contribution in [0.2, 0.25) is 0 Å². The molecule has 0 aromatic heterocycles. The standard InChI is InChI=1S/C24H27N3O2/c1-17-8-12-22(13-9-17)26-24(29)16-27(3)15-23(28)25-18(2)20-11-10-19-6-4-5-7-21(19)14-20/h4-14,18H,15-16H2,1-3H3,(H,25,28)(H,26,29)/t18-/m1/s1. The van der Waals surface area contributed by atoms with Crippen molar-refractivity contribution >= 4 is 28.3 Å². The van der Waals surface area contributed by atoms with Gasteiger partial charge in [0.25, 0.3) is 0 Å². The van der Waals surface area contributed by atoms with Crippen molar-refractivity contribution in [3.63, 3.8) is 0 Å². The summed E-state index contributed by atoms with van der Waals surface area (Å²) < 4.78 is 0. The highest BCUT2D eigenvalue weighted by Gasteiger charge is 2.14. The van der Waals surface area contributed by atoms with Crippen LogP contribution in [0.3, 0.4) is 0 Å². The summed E-state index contributed by atoms with van der Waals surface area (Å²) in [5.74, 6) is -0.261. The maximum Gasteiger partial charge on any atom is 0.238 e. The molecule has 1 atom stereocenters. The fourth-order valence-corrected chi connectivity index (χ4v) is 3.23. The van der Waals surface area contributed by atoms with Crippen LogP contribution in [0.1, 0.15) is 24.1 Å². The van der Waals surface area contributed by atoms with E-state index in [2.05, 4.69) is 34.9 Å². The van der Waals surface area contributed by atoms with E-state index in [-0.39, 0.29) is 30.9 Å². The van der Waals surface area contributed by atoms with Crippen LogP contribution in [0.25, 0.3) is 10.8 Å². The first-order valence-electron chi connectivity index (χ1n) is 9.74. The number of amides is 2. The molecule has 3 aromatic rings. The number of nitrogens with one attached hydrogen (secondary N) is 2. The third-order valence-electron chi connectivity index (χ3n) is 4.81. The van der Waals surface area contributed by atoms with Crippen LogP contribution in [0.5, 0.6) is 0 Å². The second-order valence-electron chi connectivity index (χ2n) is 7.48. The lowest BCUT2D eigenvalue weighted by atomic mass is 10.0. The second kappa shape index (κ2) is 9.34. The van der Waals surface area contributed by atoms with Crippen molar-refractivity contribution in [1.29, 1.82) is 0 Å². The van der Waals surface area contributed by atoms with Gasteiger partial charge in [0, 0.05) is 5.69 Å². The molecule has 2 amide bonds. The molecule has 0 radical (unpaired) electrons. The third-order valence-corrected chi connectivity index (χ3v) is 4.81. The minimum atomic E-state index is -0.147. The Kier molecular flexibility index (Phi) is 6.62. The number of hydrogen-bond acceptors (Lipinski definition) is 3. The van der Waals surface area contributed by atoms with Crippen molar-refractivity contribution < 1.29 is 9.59 Å². The lowest BCUT2D eigenvalue weighted by molar-refractivity contribution is -0.123. The van der Waals surface area contributed by atoms with Crippen molar-refractivity contribution in [2.45, 2.75) is 19.9 Å². The molecule has 0 aliphatic rings. The fourth-order valence-electron chi connectivity index (χ4n) is 3.23. The second-order valence-corrected chi connectivity index (χ2v) is 7.48. The molecule has 0 heterocycles. The predicted octanol–water partition coefficient (Wildman–Crippen LogP) is 3.90. The molecule has 0 aliphatic heterocycles. The predicted molar refractivity (Wildman–Crippen MR) is 118 cm³/mol. The zero-order valence-corrected chi connectivity index (χ0v) is 17.1. The summed E-state index contributed by atoms with van der Waals surface area (Å²) in [5, 5.41) is 8.18. The highest BCUT2D eigenvalue weighted by atomic mass is 16.2. The molecule has 5 heteroatoms. The van der Waals surface area contributed by atoms with Gasteiger partial charge >= 0.3 is 0 Å². The zero-order chi connectivity index (χ0) is 20.8. The Balaban J connectivity index is 1.49. The van der Waals surface area contributed by atoms with Crippen LogP contribution < -0.4 is 10.6 Å². The molecule has 0 unspecified atom stereocenters. The smallest absolute Gasteiger partial charge is 0.238 e. The number of carbonyl (C=O) groups excluding carboxylic acids is 2. The molecule has 0 spiro atoms. The molecule has 29 heavy (non-hydrogen) atoms. The lowest BCUT2D eigenvalue weighted by Crippen LogP contribution is -2.39. The topological polar surface area (TPSA) is 61.4 Å². The molecule has 150 valence electrons. The number of anilines is 1. The molecule has 0 aliphatic carbocycles. The van der Waals surface area contributed by atoms with E-state index in [0.717, 1.165) is 22.2 Å². The summed E-state index contributed by atoms with van der Waals surface area (Å²) in [4.78, 5) is 26.3. The molecule has 0 saturated heterocycles. The minimum absolute atomic E-state index is 0.109. The van der Waals surface area contributed by atoms with E-state index in [4.69, 9.17) is 0 Å². The van der Waals surface area contributed by atoms with Crippen LogP contribution in [-0.2, 0) is 9.59 Å². The van der Waals surface area contributed by atoms with E-state index >= 15 is 0 Å². The molecule has 0 saturated carbocycles. The molecule has 3 rings (SSSR count). The van der Waals surface area contributed by atoms with Gasteiger partial charge in [-0.15, -0.1) is 0 Å². The van der Waals surface area contributed by atoms with Gasteiger partial charge in [-0.3, -0.25) is 14.5 Å². The number of benzene rings is 3. The van der Waals surface area contributed by atoms with E-state index in [1.165, 1.54) is 5.39 Å². The average Bonchev–Trinajstić information content (AvgIpc) is 2.69. The van der Waals surface area contributed by atoms with Crippen LogP contribution in [-0.4, -0.2) is 36.9 Å². The minimum Gasteiger partial charge on any atom is -0.348 e. The number of fused-ring (bicyclic) bond motifs is 1. The lowest BCUT2D eigenvalue weighted by Gasteiger charge is -2.19. The van der Waals surface area contributed by atoms with E-state index in [9.17, 15) is 9.59 Å². The van der Waals surface area contributed by atoms with Gasteiger partial charge < -0.3 is 10.6 Å². The van der Waals surface area contributed by atoms with Crippen molar-refractivity contribution in [2.75, 3.05) is 25.5 Å². The number of hydrogen-bond donors (Lipinski definition) is 2. The van der Waals surface area contributed by atoms with Crippen LogP contribution in [0.4, 0.5) is 5.69 Å². The van der Waals surface area contributed by atoms with Gasteiger partial charge in [-0.25, -0.2) is 0 Å². The highest BCUT2D eigenvalue weighted by Crippen LogP contribution is 2.20. The molecule has 3 aromatic carbocycles. The summed E-state index contributed by atoms with van der Waals surface area (Å²) in [6, 6.07) is 21.9. The summed E-state index contributed by atoms with van der Waals surface area (Å²) in [6.45, 7) is 4.26. The highest BCUT2D eigenvalue weighted by molar-refractivity contribution is 5.92. The maximum absolute atomic E-state index is 12.4. The monoisotopic (exact) mass is 389 g/mol. The Morgan fingerprint density at radius 2 is 1.55 bits per heavy atom. The van der Waals surface area contributed by atoms with Gasteiger partial charge in [0.1, 0.15) is 0 Å². The van der Waals surface area contributed by atoms with Crippen molar-refractivity contribution in [3.05, 3.63) is 77.9 Å². The van der Waals surface area contributed by atoms with Gasteiger partial charge in [0.2, 0.25) is 11.8 Å². The largest absolute Gasteiger partial charge is 0.348 e. The first-order valence-corrected chi connectivity index (χ1v) is 9.74. The first-order chi connectivity index (χ1) is 13.9. The number of nitrogens with zero attached hydrogens (tertiary/aromatic N) is 1. The van der Waals surface area contributed by atoms with Crippen molar-refractivity contribution in [1.82, 2.24) is 10.2 Å². The van der Waals surface area contributed by atoms with Crippen molar-refractivity contribution in [3.8, 4) is 0 Å². The molecular weight excluding hydrogens is 362 g/mol. The van der Waals surface area contributed by atoms with Crippen LogP contribution >= 0.6 is 0 Å². The van der Waals surface area contributed by atoms with Gasteiger partial charge in [-0.2, -0.15) is 0 Å². The Morgan fingerprint density at radius 1 is 0.897 bits per heavy atom. The summed E-state index contributed by atoms with van der Waals surface area (Å²) in [6.07, 6.45) is 0. The normalized spacial score (nSPS) is 12.0. The molecule has 0 bridgehead atoms. The van der Waals surface area contributed by atoms with Gasteiger partial charge in [0.05, 0.1) is 19.1 Å². The van der Waals surface area contributed by atoms with Crippen molar-refractivity contribution in [2.24, 2.45) is 0 Å². The molecule has 0 fully saturated rings. The Labute approximate surface area is 171 Å². The summed E-state index contributed by atoms with van der Waals surface area (Å²) in [5.41, 5.74) is 2.94. The van der Waals surface area contributed by atoms with E-state index < -0.39 is 0 Å². The van der Waals surface area contributed by atoms with E-state index in [0.29, 0.717) is 0 Å². The number of carbonyl (C=O) groups is 2. The molecular formula is C24H27N3O2. The molecule has 5 nitrogen and oxygen atoms in total. The van der Waals surface area contributed by atoms with Gasteiger partial charge in [-0.05, 0) is 55.4 Å². The third kappa shape index (κ3) is 5.90. The average molecular weight is 389 g/mol. The maximum atomic E-state index is 12.4. The number of rotatable bonds is 7. The van der Waals surface area contributed by atoms with E-state index in [1.807, 2.05) is 56.3 Å². The SMILES string of the molecule is Cc1ccc(NC(=O)CN(C)CC(=O)N[C@H](C)c2ccc3ccccc3c2)cc1.